The molecule has 0 aliphatic carbocycles. The first-order valence-electron chi connectivity index (χ1n) is 9.15. The van der Waals surface area contributed by atoms with Crippen molar-refractivity contribution in [1.29, 1.82) is 0 Å². The number of nitro groups is 1. The lowest BCUT2D eigenvalue weighted by atomic mass is 9.99. The molecule has 1 aliphatic rings. The van der Waals surface area contributed by atoms with E-state index in [1.807, 2.05) is 25.1 Å². The zero-order chi connectivity index (χ0) is 19.2. The molecule has 2 aromatic rings. The number of non-ortho nitro benzene ring substituents is 1. The zero-order valence-electron chi connectivity index (χ0n) is 15.3. The molecule has 3 rings (SSSR count). The Kier molecular flexibility index (Phi) is 6.03. The lowest BCUT2D eigenvalue weighted by Crippen LogP contribution is -2.45. The van der Waals surface area contributed by atoms with Crippen LogP contribution in [0.5, 0.6) is 0 Å². The smallest absolute Gasteiger partial charge is 0.319 e. The first-order valence-corrected chi connectivity index (χ1v) is 9.15. The number of carbonyl (C=O) groups is 1. The van der Waals surface area contributed by atoms with Crippen LogP contribution in [0.1, 0.15) is 31.4 Å². The maximum absolute atomic E-state index is 12.4. The van der Waals surface area contributed by atoms with Crippen molar-refractivity contribution < 1.29 is 9.72 Å². The zero-order valence-corrected chi connectivity index (χ0v) is 15.3. The molecule has 0 unspecified atom stereocenters. The number of urea groups is 1. The topological polar surface area (TPSA) is 87.5 Å². The normalized spacial score (nSPS) is 16.5. The van der Waals surface area contributed by atoms with Gasteiger partial charge < -0.3 is 10.6 Å². The Morgan fingerprint density at radius 3 is 2.48 bits per heavy atom. The quantitative estimate of drug-likeness (QED) is 0.597. The van der Waals surface area contributed by atoms with Gasteiger partial charge in [0.05, 0.1) is 11.0 Å². The Labute approximate surface area is 158 Å². The maximum atomic E-state index is 12.4. The van der Waals surface area contributed by atoms with Crippen molar-refractivity contribution in [2.45, 2.75) is 31.8 Å². The van der Waals surface area contributed by atoms with Crippen molar-refractivity contribution in [3.05, 3.63) is 70.3 Å². The lowest BCUT2D eigenvalue weighted by molar-refractivity contribution is -0.384. The molecule has 1 heterocycles. The molecule has 0 bridgehead atoms. The molecular weight excluding hydrogens is 344 g/mol. The SMILES string of the molecule is C[C@H](NC(=O)Nc1cccc([N+](=O)[O-])c1)[C@H](c1ccccc1)N1CCCC1. The number of nitro benzene ring substituents is 1. The fourth-order valence-electron chi connectivity index (χ4n) is 3.64. The summed E-state index contributed by atoms with van der Waals surface area (Å²) in [5.74, 6) is 0. The van der Waals surface area contributed by atoms with E-state index in [-0.39, 0.29) is 23.8 Å². The van der Waals surface area contributed by atoms with Crippen LogP contribution < -0.4 is 10.6 Å². The monoisotopic (exact) mass is 368 g/mol. The number of anilines is 1. The Hall–Kier alpha value is -2.93. The van der Waals surface area contributed by atoms with E-state index in [0.717, 1.165) is 25.9 Å². The van der Waals surface area contributed by atoms with E-state index < -0.39 is 4.92 Å². The molecule has 0 spiro atoms. The first-order chi connectivity index (χ1) is 13.0. The highest BCUT2D eigenvalue weighted by Gasteiger charge is 2.29. The van der Waals surface area contributed by atoms with Crippen LogP contribution in [0, 0.1) is 10.1 Å². The molecule has 2 amide bonds. The van der Waals surface area contributed by atoms with Gasteiger partial charge in [-0.3, -0.25) is 15.0 Å². The third-order valence-corrected chi connectivity index (χ3v) is 4.82. The van der Waals surface area contributed by atoms with Crippen LogP contribution >= 0.6 is 0 Å². The van der Waals surface area contributed by atoms with Gasteiger partial charge in [-0.15, -0.1) is 0 Å². The Morgan fingerprint density at radius 1 is 1.11 bits per heavy atom. The second kappa shape index (κ2) is 8.64. The van der Waals surface area contributed by atoms with E-state index in [0.29, 0.717) is 5.69 Å². The molecule has 2 N–H and O–H groups in total. The van der Waals surface area contributed by atoms with E-state index in [1.54, 1.807) is 12.1 Å². The highest BCUT2D eigenvalue weighted by atomic mass is 16.6. The molecule has 1 aliphatic heterocycles. The van der Waals surface area contributed by atoms with Gasteiger partial charge in [-0.25, -0.2) is 4.79 Å². The molecule has 1 fully saturated rings. The molecule has 7 heteroatoms. The predicted molar refractivity (Wildman–Crippen MR) is 105 cm³/mol. The predicted octanol–water partition coefficient (Wildman–Crippen LogP) is 3.94. The second-order valence-corrected chi connectivity index (χ2v) is 6.79. The Balaban J connectivity index is 1.69. The van der Waals surface area contributed by atoms with E-state index in [1.165, 1.54) is 17.7 Å². The van der Waals surface area contributed by atoms with Crippen molar-refractivity contribution >= 4 is 17.4 Å². The number of nitrogens with zero attached hydrogens (tertiary/aromatic N) is 2. The van der Waals surface area contributed by atoms with E-state index in [2.05, 4.69) is 27.7 Å². The van der Waals surface area contributed by atoms with Crippen molar-refractivity contribution in [1.82, 2.24) is 10.2 Å². The third-order valence-electron chi connectivity index (χ3n) is 4.82. The molecular formula is C20H24N4O3. The number of hydrogen-bond acceptors (Lipinski definition) is 4. The summed E-state index contributed by atoms with van der Waals surface area (Å²) in [4.78, 5) is 25.2. The van der Waals surface area contributed by atoms with Gasteiger partial charge in [0.15, 0.2) is 0 Å². The maximum Gasteiger partial charge on any atom is 0.319 e. The standard InChI is InChI=1S/C20H24N4O3/c1-15(19(23-12-5-6-13-23)16-8-3-2-4-9-16)21-20(25)22-17-10-7-11-18(14-17)24(26)27/h2-4,7-11,14-15,19H,5-6,12-13H2,1H3,(H2,21,22,25)/t15-,19+/m0/s1. The molecule has 2 aromatic carbocycles. The average Bonchev–Trinajstić information content (AvgIpc) is 3.17. The minimum Gasteiger partial charge on any atom is -0.333 e. The Bertz CT molecular complexity index is 791. The van der Waals surface area contributed by atoms with Crippen LogP contribution in [0.15, 0.2) is 54.6 Å². The van der Waals surface area contributed by atoms with Crippen LogP contribution in [0.25, 0.3) is 0 Å². The van der Waals surface area contributed by atoms with Gasteiger partial charge in [-0.05, 0) is 44.5 Å². The largest absolute Gasteiger partial charge is 0.333 e. The summed E-state index contributed by atoms with van der Waals surface area (Å²) in [5.41, 5.74) is 1.51. The van der Waals surface area contributed by atoms with Crippen molar-refractivity contribution in [2.75, 3.05) is 18.4 Å². The van der Waals surface area contributed by atoms with Crippen molar-refractivity contribution in [2.24, 2.45) is 0 Å². The van der Waals surface area contributed by atoms with Gasteiger partial charge in [0.25, 0.3) is 5.69 Å². The minimum atomic E-state index is -0.482. The highest BCUT2D eigenvalue weighted by molar-refractivity contribution is 5.89. The van der Waals surface area contributed by atoms with Crippen LogP contribution in [-0.4, -0.2) is 35.0 Å². The molecule has 1 saturated heterocycles. The highest BCUT2D eigenvalue weighted by Crippen LogP contribution is 2.28. The second-order valence-electron chi connectivity index (χ2n) is 6.79. The first kappa shape index (κ1) is 18.8. The summed E-state index contributed by atoms with van der Waals surface area (Å²) < 4.78 is 0. The van der Waals surface area contributed by atoms with Gasteiger partial charge in [0, 0.05) is 23.9 Å². The summed E-state index contributed by atoms with van der Waals surface area (Å²) in [6.45, 7) is 4.01. The van der Waals surface area contributed by atoms with Crippen molar-refractivity contribution in [3.8, 4) is 0 Å². The number of carbonyl (C=O) groups excluding carboxylic acids is 1. The summed E-state index contributed by atoms with van der Waals surface area (Å²) in [5, 5.41) is 16.6. The fourth-order valence-corrected chi connectivity index (χ4v) is 3.64. The van der Waals surface area contributed by atoms with Gasteiger partial charge in [-0.2, -0.15) is 0 Å². The molecule has 27 heavy (non-hydrogen) atoms. The molecule has 7 nitrogen and oxygen atoms in total. The van der Waals surface area contributed by atoms with E-state index in [9.17, 15) is 14.9 Å². The summed E-state index contributed by atoms with van der Waals surface area (Å²) in [6, 6.07) is 15.7. The Morgan fingerprint density at radius 2 is 1.81 bits per heavy atom. The number of amides is 2. The van der Waals surface area contributed by atoms with Crippen LogP contribution in [-0.2, 0) is 0 Å². The number of nitrogens with one attached hydrogen (secondary N) is 2. The van der Waals surface area contributed by atoms with Gasteiger partial charge in [0.2, 0.25) is 0 Å². The van der Waals surface area contributed by atoms with Crippen LogP contribution in [0.4, 0.5) is 16.2 Å². The van der Waals surface area contributed by atoms with Gasteiger partial charge in [0.1, 0.15) is 0 Å². The molecule has 142 valence electrons. The summed E-state index contributed by atoms with van der Waals surface area (Å²) >= 11 is 0. The molecule has 0 radical (unpaired) electrons. The van der Waals surface area contributed by atoms with Gasteiger partial charge >= 0.3 is 6.03 Å². The third kappa shape index (κ3) is 4.83. The van der Waals surface area contributed by atoms with Crippen LogP contribution in [0.3, 0.4) is 0 Å². The molecule has 0 saturated carbocycles. The number of benzene rings is 2. The van der Waals surface area contributed by atoms with Crippen LogP contribution in [0.2, 0.25) is 0 Å². The molecule has 2 atom stereocenters. The van der Waals surface area contributed by atoms with E-state index in [4.69, 9.17) is 0 Å². The summed E-state index contributed by atoms with van der Waals surface area (Å²) in [6.07, 6.45) is 2.33. The number of likely N-dealkylation sites (tertiary alicyclic amines) is 1. The lowest BCUT2D eigenvalue weighted by Gasteiger charge is -2.33. The fraction of sp³-hybridized carbons (Fsp3) is 0.350. The number of rotatable bonds is 6. The van der Waals surface area contributed by atoms with E-state index >= 15 is 0 Å². The summed E-state index contributed by atoms with van der Waals surface area (Å²) in [7, 11) is 0. The number of hydrogen-bond donors (Lipinski definition) is 2. The average molecular weight is 368 g/mol. The minimum absolute atomic E-state index is 0.0555. The molecule has 0 aromatic heterocycles. The van der Waals surface area contributed by atoms with Gasteiger partial charge in [-0.1, -0.05) is 36.4 Å². The van der Waals surface area contributed by atoms with Crippen molar-refractivity contribution in [3.63, 3.8) is 0 Å².